The average molecular weight is 860 g/mol. The van der Waals surface area contributed by atoms with Crippen molar-refractivity contribution in [1.82, 2.24) is 24.8 Å². The Morgan fingerprint density at radius 1 is 0.981 bits per heavy atom. The van der Waals surface area contributed by atoms with Gasteiger partial charge in [-0.15, -0.1) is 0 Å². The molecule has 6 atom stereocenters. The van der Waals surface area contributed by atoms with Gasteiger partial charge in [-0.05, 0) is 20.8 Å². The van der Waals surface area contributed by atoms with Gasteiger partial charge in [0.25, 0.3) is 0 Å². The van der Waals surface area contributed by atoms with Crippen LogP contribution in [0.15, 0.2) is 0 Å². The maximum atomic E-state index is 17.9. The molecule has 54 heavy (non-hydrogen) atoms. The van der Waals surface area contributed by atoms with Crippen molar-refractivity contribution in [3.8, 4) is 6.01 Å². The molecule has 300 valence electrons. The second-order valence-corrected chi connectivity index (χ2v) is 31.6. The van der Waals surface area contributed by atoms with E-state index >= 15 is 4.39 Å². The predicted molar refractivity (Wildman–Crippen MR) is 214 cm³/mol. The minimum Gasteiger partial charge on any atom is -0.0253 e. The number of hydrogen-bond acceptors (Lipinski definition) is 8. The van der Waals surface area contributed by atoms with Gasteiger partial charge in [-0.2, -0.15) is 0 Å². The Bertz CT molecular complexity index is 1650. The van der Waals surface area contributed by atoms with Crippen molar-refractivity contribution in [2.75, 3.05) is 31.1 Å². The smallest absolute Gasteiger partial charge is 0.0253 e. The van der Waals surface area contributed by atoms with Gasteiger partial charge in [-0.3, -0.25) is 0 Å². The molecular formula is C42H66F2N6O3Sn. The molecule has 7 heterocycles. The fourth-order valence-corrected chi connectivity index (χ4v) is 26.6. The summed E-state index contributed by atoms with van der Waals surface area (Å²) in [5, 5.41) is 0.720. The van der Waals surface area contributed by atoms with E-state index in [4.69, 9.17) is 24.4 Å². The molecule has 0 saturated carbocycles. The van der Waals surface area contributed by atoms with Gasteiger partial charge in [-0.25, -0.2) is 0 Å². The number of carbonyl (C=O) groups is 1. The molecule has 2 aromatic rings. The van der Waals surface area contributed by atoms with Crippen LogP contribution in [0.1, 0.15) is 131 Å². The number of amides is 1. The molecule has 0 unspecified atom stereocenters. The molecule has 5 aliphatic heterocycles. The van der Waals surface area contributed by atoms with Crippen LogP contribution in [0.25, 0.3) is 10.9 Å². The van der Waals surface area contributed by atoms with E-state index in [1.54, 1.807) is 0 Å². The van der Waals surface area contributed by atoms with Gasteiger partial charge >= 0.3 is 307 Å². The summed E-state index contributed by atoms with van der Waals surface area (Å²) in [7, 11) is 0. The van der Waals surface area contributed by atoms with Crippen molar-refractivity contribution < 1.29 is 23.0 Å². The number of anilines is 1. The zero-order chi connectivity index (χ0) is 38.4. The number of ether oxygens (including phenoxy) is 2. The van der Waals surface area contributed by atoms with E-state index in [-0.39, 0.29) is 54.1 Å². The maximum absolute atomic E-state index is 17.9. The van der Waals surface area contributed by atoms with E-state index in [2.05, 4.69) is 37.5 Å². The van der Waals surface area contributed by atoms with Gasteiger partial charge in [0.15, 0.2) is 0 Å². The van der Waals surface area contributed by atoms with Crippen LogP contribution in [-0.2, 0) is 11.2 Å². The van der Waals surface area contributed by atoms with Crippen LogP contribution in [-0.4, -0.2) is 111 Å². The van der Waals surface area contributed by atoms with Crippen molar-refractivity contribution in [1.29, 1.82) is 0 Å². The summed E-state index contributed by atoms with van der Waals surface area (Å²) < 4.78 is 49.4. The molecule has 7 rings (SSSR count). The minimum atomic E-state index is -3.39. The predicted octanol–water partition coefficient (Wildman–Crippen LogP) is 8.71. The van der Waals surface area contributed by atoms with Crippen LogP contribution in [0.2, 0.25) is 13.3 Å². The summed E-state index contributed by atoms with van der Waals surface area (Å²) in [4.78, 5) is 36.0. The third-order valence-electron chi connectivity index (χ3n) is 13.4. The van der Waals surface area contributed by atoms with Crippen molar-refractivity contribution in [2.24, 2.45) is 5.92 Å². The molecule has 4 fully saturated rings. The fourth-order valence-electron chi connectivity index (χ4n) is 10.9. The zero-order valence-corrected chi connectivity index (χ0v) is 37.0. The third kappa shape index (κ3) is 7.68. The second kappa shape index (κ2) is 16.1. The number of alkyl halides is 1. The number of hydrogen-bond donors (Lipinski definition) is 0. The third-order valence-corrected chi connectivity index (χ3v) is 28.5. The van der Waals surface area contributed by atoms with Gasteiger partial charge in [-0.1, -0.05) is 0 Å². The number of piperazine rings is 1. The molecule has 0 aliphatic carbocycles. The van der Waals surface area contributed by atoms with Crippen molar-refractivity contribution in [3.63, 3.8) is 0 Å². The first-order chi connectivity index (χ1) is 25.8. The molecule has 12 heteroatoms. The van der Waals surface area contributed by atoms with Gasteiger partial charge < -0.3 is 0 Å². The number of aromatic nitrogens is 3. The number of unbranched alkanes of at least 4 members (excludes halogenated alkanes) is 3. The summed E-state index contributed by atoms with van der Waals surface area (Å²) in [6.45, 7) is 16.9. The fraction of sp³-hybridized carbons (Fsp3) is 0.810. The Balaban J connectivity index is 1.38. The van der Waals surface area contributed by atoms with E-state index < -0.39 is 30.1 Å². The van der Waals surface area contributed by atoms with E-state index in [0.29, 0.717) is 37.3 Å². The molecule has 1 amide bonds. The van der Waals surface area contributed by atoms with E-state index in [1.165, 1.54) is 0 Å². The molecule has 2 aromatic heterocycles. The van der Waals surface area contributed by atoms with Crippen molar-refractivity contribution >= 4 is 44.9 Å². The Morgan fingerprint density at radius 3 is 2.35 bits per heavy atom. The molecule has 0 radical (unpaired) electrons. The summed E-state index contributed by atoms with van der Waals surface area (Å²) in [5.74, 6) is 0.697. The molecule has 0 N–H and O–H groups in total. The van der Waals surface area contributed by atoms with Crippen molar-refractivity contribution in [3.05, 3.63) is 11.5 Å². The van der Waals surface area contributed by atoms with Crippen LogP contribution in [0.3, 0.4) is 0 Å². The topological polar surface area (TPSA) is 83.9 Å². The van der Waals surface area contributed by atoms with Crippen LogP contribution in [0.4, 0.5) is 19.4 Å². The van der Waals surface area contributed by atoms with Crippen LogP contribution < -0.4 is 13.3 Å². The number of pyridine rings is 1. The standard InChI is InChI=1S/C30H39F2N6O3.3C4H9.Sn/c1-17-10-21-24-25(20(32)13-33-21)34-27(40-16-30-8-5-9-36(30)14-18(31)12-30)35-26(24)37-15-19-6-7-22(23(37)11-17)38(19)28(39)41-29(2,3)4;3*1-3-4-2;/h17-19,22-23H,5-12,14-16H2,1-4H3;3*1,3-4H2,2H3;/t17-,18-,19-,22+,23-,30+;;;;/m1..../s1. The first-order valence-electron chi connectivity index (χ1n) is 21.5. The van der Waals surface area contributed by atoms with Gasteiger partial charge in [0.05, 0.1) is 0 Å². The zero-order valence-electron chi connectivity index (χ0n) is 34.2. The number of nitrogens with zero attached hydrogens (tertiary/aromatic N) is 6. The molecule has 4 saturated heterocycles. The first-order valence-corrected chi connectivity index (χ1v) is 29.0. The Morgan fingerprint density at radius 2 is 1.69 bits per heavy atom. The SMILES string of the molecule is CCC[CH2][Sn]([CH2]CCC)([CH2]CCC)[c]1nc2c3c(nc(OC[C@@]45CCCN4C[C@H](F)C5)nc3c1F)N1C[C@H]3CC[C@@H]([C@H]1C[C@H](C)C2)N3C(=O)OC(C)(C)C. The van der Waals surface area contributed by atoms with E-state index in [0.717, 1.165) is 105 Å². The first kappa shape index (κ1) is 40.2. The van der Waals surface area contributed by atoms with Crippen LogP contribution in [0, 0.1) is 11.7 Å². The average Bonchev–Trinajstić information content (AvgIpc) is 3.77. The minimum absolute atomic E-state index is 0.0175. The van der Waals surface area contributed by atoms with Gasteiger partial charge in [0.1, 0.15) is 0 Å². The quantitative estimate of drug-likeness (QED) is 0.185. The van der Waals surface area contributed by atoms with Crippen LogP contribution in [0.5, 0.6) is 6.01 Å². The number of rotatable bonds is 13. The van der Waals surface area contributed by atoms with Crippen molar-refractivity contribution in [2.45, 2.75) is 181 Å². The van der Waals surface area contributed by atoms with E-state index in [1.807, 2.05) is 25.7 Å². The summed E-state index contributed by atoms with van der Waals surface area (Å²) in [6, 6.07) is 0.0727. The molecule has 0 aromatic carbocycles. The summed E-state index contributed by atoms with van der Waals surface area (Å²) in [6.07, 6.45) is 11.2. The number of carbonyl (C=O) groups excluding carboxylic acids is 1. The van der Waals surface area contributed by atoms with Crippen LogP contribution >= 0.6 is 0 Å². The van der Waals surface area contributed by atoms with E-state index in [9.17, 15) is 9.18 Å². The summed E-state index contributed by atoms with van der Waals surface area (Å²) >= 11 is -3.39. The Hall–Kier alpha value is -2.02. The van der Waals surface area contributed by atoms with Gasteiger partial charge in [0, 0.05) is 0 Å². The Kier molecular flexibility index (Phi) is 12.0. The second-order valence-electron chi connectivity index (χ2n) is 18.7. The number of fused-ring (bicyclic) bond motifs is 6. The number of halogens is 2. The van der Waals surface area contributed by atoms with Gasteiger partial charge in [0.2, 0.25) is 0 Å². The molecule has 5 aliphatic rings. The normalized spacial score (nSPS) is 28.3. The Labute approximate surface area is 326 Å². The molecule has 2 bridgehead atoms. The summed E-state index contributed by atoms with van der Waals surface area (Å²) in [5.41, 5.74) is 0.316. The monoisotopic (exact) mass is 860 g/mol. The molecular weight excluding hydrogens is 793 g/mol. The molecule has 9 nitrogen and oxygen atoms in total. The molecule has 0 spiro atoms.